The first-order valence-corrected chi connectivity index (χ1v) is 12.0. The molecular formula is C22H54ClN4O6+3. The van der Waals surface area contributed by atoms with Crippen molar-refractivity contribution in [1.29, 1.82) is 0 Å². The van der Waals surface area contributed by atoms with Crippen LogP contribution in [0.5, 0.6) is 0 Å². The Morgan fingerprint density at radius 1 is 0.303 bits per heavy atom. The summed E-state index contributed by atoms with van der Waals surface area (Å²) >= 11 is 0. The molecule has 202 valence electrons. The lowest BCUT2D eigenvalue weighted by Crippen LogP contribution is -3.00. The summed E-state index contributed by atoms with van der Waals surface area (Å²) in [5, 5.41) is 57.1. The Morgan fingerprint density at radius 3 is 0.545 bits per heavy atom. The normalized spacial score (nSPS) is 16.2. The third kappa shape index (κ3) is 14.1. The van der Waals surface area contributed by atoms with Gasteiger partial charge in [0.15, 0.2) is 0 Å². The highest BCUT2D eigenvalue weighted by Gasteiger charge is 2.34. The van der Waals surface area contributed by atoms with Crippen molar-refractivity contribution in [2.75, 3.05) is 146 Å². The molecule has 0 rings (SSSR count). The quantitative estimate of drug-likeness (QED) is 0.0863. The highest BCUT2D eigenvalue weighted by Crippen LogP contribution is 2.12. The molecule has 0 aliphatic heterocycles. The molecule has 0 radical (unpaired) electrons. The smallest absolute Gasteiger partial charge is 0.129 e. The molecule has 0 amide bonds. The van der Waals surface area contributed by atoms with Gasteiger partial charge in [0.2, 0.25) is 0 Å². The molecule has 0 fully saturated rings. The summed E-state index contributed by atoms with van der Waals surface area (Å²) in [4.78, 5) is 0. The van der Waals surface area contributed by atoms with Crippen molar-refractivity contribution >= 4 is 0 Å². The number of halogens is 1. The second-order valence-electron chi connectivity index (χ2n) is 10.5. The summed E-state index contributed by atoms with van der Waals surface area (Å²) in [5.41, 5.74) is 0. The van der Waals surface area contributed by atoms with Gasteiger partial charge in [0.05, 0.1) is 67.8 Å². The molecule has 0 saturated heterocycles. The molecule has 0 aromatic heterocycles. The number of rotatable bonds is 21. The molecule has 0 aromatic rings. The number of aliphatic hydroxyl groups excluding tert-OH is 6. The highest BCUT2D eigenvalue weighted by molar-refractivity contribution is 4.49. The molecule has 10 nitrogen and oxygen atoms in total. The highest BCUT2D eigenvalue weighted by atomic mass is 35.5. The fourth-order valence-electron chi connectivity index (χ4n) is 4.24. The van der Waals surface area contributed by atoms with Crippen LogP contribution in [0.15, 0.2) is 0 Å². The third-order valence-corrected chi connectivity index (χ3v) is 7.38. The van der Waals surface area contributed by atoms with E-state index < -0.39 is 0 Å². The van der Waals surface area contributed by atoms with Crippen molar-refractivity contribution in [2.24, 2.45) is 0 Å². The largest absolute Gasteiger partial charge is 1.00 e. The van der Waals surface area contributed by atoms with E-state index in [2.05, 4.69) is 14.1 Å². The molecule has 2 atom stereocenters. The maximum absolute atomic E-state index is 9.70. The molecule has 0 aliphatic carbocycles. The average Bonchev–Trinajstić information content (AvgIpc) is 2.71. The second kappa shape index (κ2) is 17.3. The molecule has 0 aliphatic rings. The van der Waals surface area contributed by atoms with E-state index in [-0.39, 0.29) is 52.0 Å². The SMILES string of the molecule is C[N+](CCO)(CCO)CC[N+](C)(CCO)CC[N+](C)(CCO)CC[N+](C)(CCO)CCO.[Cl-]. The van der Waals surface area contributed by atoms with E-state index in [0.717, 1.165) is 39.3 Å². The topological polar surface area (TPSA) is 121 Å². The Morgan fingerprint density at radius 2 is 0.424 bits per heavy atom. The van der Waals surface area contributed by atoms with Crippen LogP contribution in [0, 0.1) is 0 Å². The molecule has 0 saturated carbocycles. The lowest BCUT2D eigenvalue weighted by molar-refractivity contribution is -0.996. The van der Waals surface area contributed by atoms with Crippen LogP contribution in [0.2, 0.25) is 0 Å². The van der Waals surface area contributed by atoms with Crippen LogP contribution < -0.4 is 12.4 Å². The van der Waals surface area contributed by atoms with Gasteiger partial charge in [0.1, 0.15) is 78.5 Å². The number of hydrogen-bond donors (Lipinski definition) is 6. The molecular weight excluding hydrogens is 452 g/mol. The fourth-order valence-corrected chi connectivity index (χ4v) is 4.24. The monoisotopic (exact) mass is 505 g/mol. The minimum atomic E-state index is 0. The summed E-state index contributed by atoms with van der Waals surface area (Å²) in [6, 6.07) is 0. The summed E-state index contributed by atoms with van der Waals surface area (Å²) in [6.07, 6.45) is 0. The van der Waals surface area contributed by atoms with Crippen molar-refractivity contribution in [3.05, 3.63) is 0 Å². The zero-order valence-corrected chi connectivity index (χ0v) is 22.3. The zero-order chi connectivity index (χ0) is 24.7. The Hall–Kier alpha value is -0.110. The van der Waals surface area contributed by atoms with Gasteiger partial charge in [-0.3, -0.25) is 0 Å². The van der Waals surface area contributed by atoms with Gasteiger partial charge in [-0.2, -0.15) is 0 Å². The van der Waals surface area contributed by atoms with Gasteiger partial charge in [-0.15, -0.1) is 0 Å². The Bertz CT molecular complexity index is 440. The van der Waals surface area contributed by atoms with Crippen LogP contribution in [0.1, 0.15) is 0 Å². The van der Waals surface area contributed by atoms with Gasteiger partial charge in [-0.25, -0.2) is 0 Å². The number of quaternary nitrogens is 4. The predicted octanol–water partition coefficient (Wildman–Crippen LogP) is -6.27. The van der Waals surface area contributed by atoms with Crippen LogP contribution >= 0.6 is 0 Å². The molecule has 0 bridgehead atoms. The first-order chi connectivity index (χ1) is 15.0. The lowest BCUT2D eigenvalue weighted by Gasteiger charge is -2.43. The Labute approximate surface area is 207 Å². The van der Waals surface area contributed by atoms with E-state index >= 15 is 0 Å². The van der Waals surface area contributed by atoms with E-state index in [4.69, 9.17) is 0 Å². The van der Waals surface area contributed by atoms with Crippen molar-refractivity contribution in [3.63, 3.8) is 0 Å². The van der Waals surface area contributed by atoms with Gasteiger partial charge in [0, 0.05) is 0 Å². The van der Waals surface area contributed by atoms with E-state index in [9.17, 15) is 30.6 Å². The molecule has 11 heteroatoms. The standard InChI is InChI=1S/C22H54N4O6.ClH/c1-23(11-17-27,7-9-25(3,13-19-29)14-20-30)5-6-24(2,12-18-28)8-10-26(4,15-21-31)16-22-32;/h27-32H,5-22H2,1-4H3;1H/q+4;/p-1. The van der Waals surface area contributed by atoms with Crippen LogP contribution in [-0.2, 0) is 0 Å². The van der Waals surface area contributed by atoms with E-state index in [1.54, 1.807) is 0 Å². The molecule has 0 aromatic carbocycles. The van der Waals surface area contributed by atoms with Gasteiger partial charge in [-0.1, -0.05) is 0 Å². The minimum absolute atomic E-state index is 0. The van der Waals surface area contributed by atoms with E-state index in [0.29, 0.717) is 57.2 Å². The van der Waals surface area contributed by atoms with Crippen LogP contribution in [0.3, 0.4) is 0 Å². The van der Waals surface area contributed by atoms with Gasteiger partial charge in [0.25, 0.3) is 0 Å². The molecule has 33 heavy (non-hydrogen) atoms. The van der Waals surface area contributed by atoms with Crippen LogP contribution in [0.25, 0.3) is 0 Å². The summed E-state index contributed by atoms with van der Waals surface area (Å²) in [6.45, 7) is 8.97. The van der Waals surface area contributed by atoms with Crippen LogP contribution in [0.4, 0.5) is 0 Å². The summed E-state index contributed by atoms with van der Waals surface area (Å²) in [7, 11) is 8.37. The second-order valence-corrected chi connectivity index (χ2v) is 10.5. The lowest BCUT2D eigenvalue weighted by atomic mass is 10.2. The van der Waals surface area contributed by atoms with E-state index in [1.807, 2.05) is 14.1 Å². The molecule has 0 heterocycles. The molecule has 6 N–H and O–H groups in total. The first kappa shape index (κ1) is 35.1. The van der Waals surface area contributed by atoms with E-state index in [1.165, 1.54) is 0 Å². The summed E-state index contributed by atoms with van der Waals surface area (Å²) < 4.78 is 2.54. The van der Waals surface area contributed by atoms with Crippen molar-refractivity contribution in [2.45, 2.75) is 0 Å². The first-order valence-electron chi connectivity index (χ1n) is 12.0. The summed E-state index contributed by atoms with van der Waals surface area (Å²) in [5.74, 6) is 0. The Balaban J connectivity index is 0. The maximum Gasteiger partial charge on any atom is 0.129 e. The molecule has 0 spiro atoms. The average molecular weight is 506 g/mol. The maximum atomic E-state index is 9.70. The van der Waals surface area contributed by atoms with Gasteiger partial charge < -0.3 is 61.0 Å². The fraction of sp³-hybridized carbons (Fsp3) is 1.00. The number of hydrogen-bond acceptors (Lipinski definition) is 6. The van der Waals surface area contributed by atoms with Crippen LogP contribution in [-0.4, -0.2) is 195 Å². The Kier molecular flexibility index (Phi) is 18.4. The number of nitrogens with zero attached hydrogens (tertiary/aromatic N) is 4. The number of likely N-dealkylation sites (N-methyl/N-ethyl adjacent to an activating group) is 4. The minimum Gasteiger partial charge on any atom is -1.00 e. The van der Waals surface area contributed by atoms with Gasteiger partial charge in [-0.05, 0) is 0 Å². The number of aliphatic hydroxyl groups is 6. The van der Waals surface area contributed by atoms with Crippen molar-refractivity contribution in [1.82, 2.24) is 0 Å². The molecule has 2 unspecified atom stereocenters. The predicted molar refractivity (Wildman–Crippen MR) is 126 cm³/mol. The zero-order valence-electron chi connectivity index (χ0n) is 21.6. The third-order valence-electron chi connectivity index (χ3n) is 7.38. The van der Waals surface area contributed by atoms with Crippen molar-refractivity contribution in [3.8, 4) is 0 Å². The van der Waals surface area contributed by atoms with Gasteiger partial charge >= 0.3 is 0 Å². The van der Waals surface area contributed by atoms with Crippen molar-refractivity contribution < 1.29 is 61.0 Å².